The minimum atomic E-state index is -0.0749. The molecule has 2 aliphatic rings. The average Bonchev–Trinajstić information content (AvgIpc) is 3.13. The number of thioether (sulfide) groups is 1. The van der Waals surface area contributed by atoms with Crippen molar-refractivity contribution >= 4 is 39.3 Å². The van der Waals surface area contributed by atoms with Gasteiger partial charge in [0.1, 0.15) is 5.37 Å². The third-order valence-corrected chi connectivity index (χ3v) is 5.82. The molecule has 2 aromatic carbocycles. The van der Waals surface area contributed by atoms with Gasteiger partial charge in [0.25, 0.3) is 0 Å². The first-order chi connectivity index (χ1) is 11.1. The molecule has 2 aromatic rings. The second-order valence-corrected chi connectivity index (χ2v) is 7.41. The third-order valence-electron chi connectivity index (χ3n) is 3.94. The van der Waals surface area contributed by atoms with Crippen molar-refractivity contribution in [1.29, 1.82) is 0 Å². The normalized spacial score (nSPS) is 19.5. The lowest BCUT2D eigenvalue weighted by Gasteiger charge is -2.25. The Morgan fingerprint density at radius 3 is 2.61 bits per heavy atom. The highest BCUT2D eigenvalue weighted by molar-refractivity contribution is 9.10. The van der Waals surface area contributed by atoms with Crippen molar-refractivity contribution in [3.63, 3.8) is 0 Å². The van der Waals surface area contributed by atoms with E-state index in [1.807, 2.05) is 48.2 Å². The van der Waals surface area contributed by atoms with Crippen LogP contribution in [0.15, 0.2) is 40.9 Å². The number of carbonyl (C=O) groups excluding carboxylic acids is 1. The van der Waals surface area contributed by atoms with E-state index in [1.54, 1.807) is 11.8 Å². The molecule has 1 amide bonds. The summed E-state index contributed by atoms with van der Waals surface area (Å²) in [5, 5.41) is -0.0749. The summed E-state index contributed by atoms with van der Waals surface area (Å²) in [5.41, 5.74) is 3.11. The third kappa shape index (κ3) is 2.60. The molecule has 0 N–H and O–H groups in total. The zero-order valence-electron chi connectivity index (χ0n) is 12.4. The number of carbonyl (C=O) groups is 1. The van der Waals surface area contributed by atoms with Crippen LogP contribution in [0.2, 0.25) is 0 Å². The summed E-state index contributed by atoms with van der Waals surface area (Å²) in [6.07, 6.45) is 0. The summed E-state index contributed by atoms with van der Waals surface area (Å²) in [7, 11) is 0. The van der Waals surface area contributed by atoms with Crippen LogP contribution in [0.5, 0.6) is 11.5 Å². The fourth-order valence-corrected chi connectivity index (χ4v) is 4.65. The Balaban J connectivity index is 1.75. The lowest BCUT2D eigenvalue weighted by Crippen LogP contribution is -2.27. The highest BCUT2D eigenvalue weighted by Crippen LogP contribution is 2.47. The number of halogens is 1. The van der Waals surface area contributed by atoms with Crippen molar-refractivity contribution in [3.8, 4) is 11.5 Å². The van der Waals surface area contributed by atoms with E-state index in [0.29, 0.717) is 5.75 Å². The molecule has 1 fully saturated rings. The van der Waals surface area contributed by atoms with Gasteiger partial charge >= 0.3 is 0 Å². The summed E-state index contributed by atoms with van der Waals surface area (Å²) in [6, 6.07) is 11.9. The Labute approximate surface area is 146 Å². The number of amides is 1. The molecule has 2 heterocycles. The molecule has 4 nitrogen and oxygen atoms in total. The van der Waals surface area contributed by atoms with Crippen LogP contribution in [0, 0.1) is 6.92 Å². The summed E-state index contributed by atoms with van der Waals surface area (Å²) >= 11 is 5.22. The Hall–Kier alpha value is -1.66. The Morgan fingerprint density at radius 1 is 1.17 bits per heavy atom. The van der Waals surface area contributed by atoms with Gasteiger partial charge in [-0.1, -0.05) is 33.6 Å². The molecule has 118 valence electrons. The van der Waals surface area contributed by atoms with E-state index >= 15 is 0 Å². The highest BCUT2D eigenvalue weighted by Gasteiger charge is 2.36. The van der Waals surface area contributed by atoms with Gasteiger partial charge < -0.3 is 9.47 Å². The maximum Gasteiger partial charge on any atom is 0.238 e. The quantitative estimate of drug-likeness (QED) is 0.766. The number of ether oxygens (including phenoxy) is 2. The fourth-order valence-electron chi connectivity index (χ4n) is 2.76. The molecule has 0 radical (unpaired) electrons. The maximum atomic E-state index is 12.4. The molecule has 6 heteroatoms. The van der Waals surface area contributed by atoms with E-state index in [9.17, 15) is 4.79 Å². The van der Waals surface area contributed by atoms with Gasteiger partial charge in [-0.2, -0.15) is 0 Å². The number of benzene rings is 2. The van der Waals surface area contributed by atoms with E-state index < -0.39 is 0 Å². The zero-order valence-corrected chi connectivity index (χ0v) is 14.8. The van der Waals surface area contributed by atoms with Crippen LogP contribution in [0.1, 0.15) is 16.5 Å². The zero-order chi connectivity index (χ0) is 16.0. The highest BCUT2D eigenvalue weighted by atomic mass is 79.9. The number of fused-ring (bicyclic) bond motifs is 1. The predicted octanol–water partition coefficient (Wildman–Crippen LogP) is 4.26. The topological polar surface area (TPSA) is 38.8 Å². The molecule has 1 atom stereocenters. The summed E-state index contributed by atoms with van der Waals surface area (Å²) in [4.78, 5) is 14.3. The molecule has 0 spiro atoms. The van der Waals surface area contributed by atoms with Crippen molar-refractivity contribution < 1.29 is 14.3 Å². The molecule has 0 aliphatic carbocycles. The van der Waals surface area contributed by atoms with Crippen LogP contribution in [-0.4, -0.2) is 18.5 Å². The van der Waals surface area contributed by atoms with Crippen molar-refractivity contribution in [2.24, 2.45) is 0 Å². The first-order valence-electron chi connectivity index (χ1n) is 7.23. The predicted molar refractivity (Wildman–Crippen MR) is 94.1 cm³/mol. The van der Waals surface area contributed by atoms with Crippen LogP contribution in [0.3, 0.4) is 0 Å². The Morgan fingerprint density at radius 2 is 1.87 bits per heavy atom. The molecular formula is C17H14BrNO3S. The van der Waals surface area contributed by atoms with Crippen LogP contribution in [0.25, 0.3) is 0 Å². The first-order valence-corrected chi connectivity index (χ1v) is 9.07. The lowest BCUT2D eigenvalue weighted by molar-refractivity contribution is -0.115. The van der Waals surface area contributed by atoms with Crippen LogP contribution >= 0.6 is 27.7 Å². The lowest BCUT2D eigenvalue weighted by atomic mass is 10.1. The van der Waals surface area contributed by atoms with E-state index in [-0.39, 0.29) is 18.1 Å². The minimum absolute atomic E-state index is 0.0749. The van der Waals surface area contributed by atoms with E-state index in [0.717, 1.165) is 27.2 Å². The van der Waals surface area contributed by atoms with E-state index in [4.69, 9.17) is 9.47 Å². The van der Waals surface area contributed by atoms with Gasteiger partial charge in [-0.05, 0) is 31.2 Å². The van der Waals surface area contributed by atoms with E-state index in [2.05, 4.69) is 15.9 Å². The molecular weight excluding hydrogens is 378 g/mol. The Bertz CT molecular complexity index is 778. The molecule has 23 heavy (non-hydrogen) atoms. The molecule has 0 aromatic heterocycles. The van der Waals surface area contributed by atoms with Crippen molar-refractivity contribution in [3.05, 3.63) is 52.0 Å². The van der Waals surface area contributed by atoms with Crippen molar-refractivity contribution in [1.82, 2.24) is 0 Å². The number of hydrogen-bond donors (Lipinski definition) is 0. The number of nitrogens with zero attached hydrogens (tertiary/aromatic N) is 1. The maximum absolute atomic E-state index is 12.4. The van der Waals surface area contributed by atoms with Crippen LogP contribution < -0.4 is 14.4 Å². The van der Waals surface area contributed by atoms with Crippen LogP contribution in [-0.2, 0) is 4.79 Å². The van der Waals surface area contributed by atoms with Crippen molar-refractivity contribution in [2.45, 2.75) is 12.3 Å². The molecule has 0 bridgehead atoms. The van der Waals surface area contributed by atoms with Gasteiger partial charge in [0.15, 0.2) is 11.5 Å². The first kappa shape index (κ1) is 14.9. The van der Waals surface area contributed by atoms with Crippen molar-refractivity contribution in [2.75, 3.05) is 17.4 Å². The van der Waals surface area contributed by atoms with Gasteiger partial charge in [0.05, 0.1) is 5.75 Å². The molecule has 1 saturated heterocycles. The fraction of sp³-hybridized carbons (Fsp3) is 0.235. The number of anilines is 1. The molecule has 4 rings (SSSR count). The van der Waals surface area contributed by atoms with Gasteiger partial charge in [0.2, 0.25) is 12.7 Å². The monoisotopic (exact) mass is 391 g/mol. The SMILES string of the molecule is Cc1ccc(N2C(=O)CS[C@@H]2c2cc3c(cc2Br)OCO3)cc1. The number of rotatable bonds is 2. The summed E-state index contributed by atoms with van der Waals surface area (Å²) in [5.74, 6) is 2.05. The second kappa shape index (κ2) is 5.76. The summed E-state index contributed by atoms with van der Waals surface area (Å²) in [6.45, 7) is 2.28. The van der Waals surface area contributed by atoms with Gasteiger partial charge in [0, 0.05) is 15.7 Å². The Kier molecular flexibility index (Phi) is 3.73. The molecule has 2 aliphatic heterocycles. The van der Waals surface area contributed by atoms with Crippen LogP contribution in [0.4, 0.5) is 5.69 Å². The number of hydrogen-bond acceptors (Lipinski definition) is 4. The largest absolute Gasteiger partial charge is 0.454 e. The molecule has 0 unspecified atom stereocenters. The average molecular weight is 392 g/mol. The van der Waals surface area contributed by atoms with Gasteiger partial charge in [-0.15, -0.1) is 11.8 Å². The minimum Gasteiger partial charge on any atom is -0.454 e. The molecule has 0 saturated carbocycles. The van der Waals surface area contributed by atoms with E-state index in [1.165, 1.54) is 5.56 Å². The summed E-state index contributed by atoms with van der Waals surface area (Å²) < 4.78 is 11.8. The van der Waals surface area contributed by atoms with Gasteiger partial charge in [-0.25, -0.2) is 0 Å². The standard InChI is InChI=1S/C17H14BrNO3S/c1-10-2-4-11(5-3-10)19-16(20)8-23-17(19)12-6-14-15(7-13(12)18)22-9-21-14/h2-7,17H,8-9H2,1H3/t17-/m1/s1. The number of aryl methyl sites for hydroxylation is 1. The van der Waals surface area contributed by atoms with Gasteiger partial charge in [-0.3, -0.25) is 9.69 Å². The smallest absolute Gasteiger partial charge is 0.238 e. The second-order valence-electron chi connectivity index (χ2n) is 5.49.